The molecule has 2 rings (SSSR count). The lowest BCUT2D eigenvalue weighted by Gasteiger charge is -2.16. The van der Waals surface area contributed by atoms with Crippen LogP contribution in [0.15, 0.2) is 33.9 Å². The molecular weight excluding hydrogens is 290 g/mol. The van der Waals surface area contributed by atoms with Crippen molar-refractivity contribution in [2.24, 2.45) is 4.99 Å². The monoisotopic (exact) mass is 317 g/mol. The Kier molecular flexibility index (Phi) is 6.26. The van der Waals surface area contributed by atoms with E-state index in [0.717, 1.165) is 49.2 Å². The minimum atomic E-state index is 0.0866. The number of unbranched alkanes of at least 4 members (excludes halogenated alkanes) is 1. The number of hydrogen-bond acceptors (Lipinski definition) is 3. The number of nitrogens with one attached hydrogen (secondary N) is 2. The molecule has 126 valence electrons. The maximum atomic E-state index is 5.63. The van der Waals surface area contributed by atoms with Gasteiger partial charge in [0.05, 0.1) is 6.04 Å². The van der Waals surface area contributed by atoms with E-state index < -0.39 is 0 Å². The predicted octanol–water partition coefficient (Wildman–Crippen LogP) is 2.80. The zero-order valence-corrected chi connectivity index (χ0v) is 14.5. The van der Waals surface area contributed by atoms with Crippen molar-refractivity contribution in [2.75, 3.05) is 13.6 Å². The molecule has 0 fully saturated rings. The van der Waals surface area contributed by atoms with Gasteiger partial charge in [0.2, 0.25) is 0 Å². The molecule has 6 nitrogen and oxygen atoms in total. The second kappa shape index (κ2) is 8.41. The van der Waals surface area contributed by atoms with Crippen LogP contribution in [0.4, 0.5) is 0 Å². The van der Waals surface area contributed by atoms with Gasteiger partial charge < -0.3 is 19.6 Å². The van der Waals surface area contributed by atoms with Gasteiger partial charge in [0.15, 0.2) is 5.96 Å². The van der Waals surface area contributed by atoms with Crippen molar-refractivity contribution < 1.29 is 4.42 Å². The maximum Gasteiger partial charge on any atom is 0.191 e. The Morgan fingerprint density at radius 1 is 1.35 bits per heavy atom. The third-order valence-corrected chi connectivity index (χ3v) is 3.81. The first-order valence-electron chi connectivity index (χ1n) is 8.11. The molecule has 0 spiro atoms. The summed E-state index contributed by atoms with van der Waals surface area (Å²) >= 11 is 0. The number of rotatable bonds is 7. The number of imidazole rings is 1. The third-order valence-electron chi connectivity index (χ3n) is 3.81. The Bertz CT molecular complexity index is 628. The van der Waals surface area contributed by atoms with Gasteiger partial charge in [-0.05, 0) is 45.7 Å². The summed E-state index contributed by atoms with van der Waals surface area (Å²) in [5, 5.41) is 6.68. The average Bonchev–Trinajstić information content (AvgIpc) is 3.14. The lowest BCUT2D eigenvalue weighted by atomic mass is 10.2. The van der Waals surface area contributed by atoms with Gasteiger partial charge in [-0.1, -0.05) is 0 Å². The van der Waals surface area contributed by atoms with Crippen molar-refractivity contribution in [3.8, 4) is 0 Å². The Morgan fingerprint density at radius 2 is 2.17 bits per heavy atom. The predicted molar refractivity (Wildman–Crippen MR) is 92.6 cm³/mol. The zero-order valence-electron chi connectivity index (χ0n) is 14.5. The number of hydrogen-bond donors (Lipinski definition) is 2. The van der Waals surface area contributed by atoms with E-state index in [1.807, 2.05) is 38.4 Å². The molecule has 23 heavy (non-hydrogen) atoms. The third kappa shape index (κ3) is 5.16. The Morgan fingerprint density at radius 3 is 2.78 bits per heavy atom. The molecular formula is C17H27N5O. The van der Waals surface area contributed by atoms with Crippen LogP contribution in [-0.2, 0) is 6.54 Å². The second-order valence-corrected chi connectivity index (χ2v) is 5.69. The molecule has 0 aromatic carbocycles. The molecule has 0 aliphatic carbocycles. The van der Waals surface area contributed by atoms with E-state index in [2.05, 4.69) is 32.1 Å². The van der Waals surface area contributed by atoms with Crippen LogP contribution in [0, 0.1) is 13.8 Å². The van der Waals surface area contributed by atoms with E-state index >= 15 is 0 Å². The standard InChI is InChI=1S/C17H27N5O/c1-13-7-8-16(23-13)14(2)21-17(18-4)20-9-5-6-11-22-12-10-19-15(22)3/h7-8,10,12,14H,5-6,9,11H2,1-4H3,(H2,18,20,21). The molecule has 1 atom stereocenters. The van der Waals surface area contributed by atoms with Gasteiger partial charge in [-0.2, -0.15) is 0 Å². The highest BCUT2D eigenvalue weighted by Crippen LogP contribution is 2.15. The van der Waals surface area contributed by atoms with E-state index in [9.17, 15) is 0 Å². The van der Waals surface area contributed by atoms with Crippen molar-refractivity contribution in [1.82, 2.24) is 20.2 Å². The molecule has 0 saturated heterocycles. The molecule has 0 amide bonds. The summed E-state index contributed by atoms with van der Waals surface area (Å²) in [4.78, 5) is 8.49. The molecule has 2 aromatic heterocycles. The minimum absolute atomic E-state index is 0.0866. The number of aliphatic imine (C=N–C) groups is 1. The molecule has 2 heterocycles. The fourth-order valence-electron chi connectivity index (χ4n) is 2.41. The Hall–Kier alpha value is -2.24. The normalized spacial score (nSPS) is 13.1. The molecule has 2 N–H and O–H groups in total. The van der Waals surface area contributed by atoms with Gasteiger partial charge in [-0.3, -0.25) is 4.99 Å². The quantitative estimate of drug-likeness (QED) is 0.468. The fourth-order valence-corrected chi connectivity index (χ4v) is 2.41. The van der Waals surface area contributed by atoms with E-state index in [4.69, 9.17) is 4.42 Å². The minimum Gasteiger partial charge on any atom is -0.464 e. The summed E-state index contributed by atoms with van der Waals surface area (Å²) in [6.45, 7) is 7.93. The average molecular weight is 317 g/mol. The summed E-state index contributed by atoms with van der Waals surface area (Å²) in [6, 6.07) is 4.05. The van der Waals surface area contributed by atoms with Crippen LogP contribution in [0.3, 0.4) is 0 Å². The van der Waals surface area contributed by atoms with Gasteiger partial charge in [0, 0.05) is 32.5 Å². The highest BCUT2D eigenvalue weighted by molar-refractivity contribution is 5.79. The summed E-state index contributed by atoms with van der Waals surface area (Å²) in [5.41, 5.74) is 0. The molecule has 6 heteroatoms. The number of nitrogens with zero attached hydrogens (tertiary/aromatic N) is 3. The largest absolute Gasteiger partial charge is 0.464 e. The van der Waals surface area contributed by atoms with Crippen LogP contribution >= 0.6 is 0 Å². The van der Waals surface area contributed by atoms with Crippen LogP contribution in [0.1, 0.15) is 43.2 Å². The molecule has 0 saturated carbocycles. The highest BCUT2D eigenvalue weighted by Gasteiger charge is 2.10. The number of furan rings is 1. The van der Waals surface area contributed by atoms with E-state index in [-0.39, 0.29) is 6.04 Å². The smallest absolute Gasteiger partial charge is 0.191 e. The van der Waals surface area contributed by atoms with Gasteiger partial charge >= 0.3 is 0 Å². The molecule has 0 bridgehead atoms. The lowest BCUT2D eigenvalue weighted by molar-refractivity contribution is 0.441. The van der Waals surface area contributed by atoms with E-state index in [1.165, 1.54) is 0 Å². The highest BCUT2D eigenvalue weighted by atomic mass is 16.3. The van der Waals surface area contributed by atoms with Crippen LogP contribution < -0.4 is 10.6 Å². The van der Waals surface area contributed by atoms with Gasteiger partial charge in [-0.15, -0.1) is 0 Å². The topological polar surface area (TPSA) is 67.4 Å². The van der Waals surface area contributed by atoms with Crippen molar-refractivity contribution in [1.29, 1.82) is 0 Å². The van der Waals surface area contributed by atoms with Crippen LogP contribution in [0.5, 0.6) is 0 Å². The number of aromatic nitrogens is 2. The fraction of sp³-hybridized carbons (Fsp3) is 0.529. The van der Waals surface area contributed by atoms with Crippen molar-refractivity contribution in [2.45, 2.75) is 46.2 Å². The molecule has 1 unspecified atom stereocenters. The zero-order chi connectivity index (χ0) is 16.7. The Balaban J connectivity index is 1.68. The van der Waals surface area contributed by atoms with E-state index in [1.54, 1.807) is 7.05 Å². The summed E-state index contributed by atoms with van der Waals surface area (Å²) in [5.74, 6) is 3.70. The Labute approximate surface area is 138 Å². The SMILES string of the molecule is CN=C(NCCCCn1ccnc1C)NC(C)c1ccc(C)o1. The molecule has 0 radical (unpaired) electrons. The molecule has 0 aliphatic rings. The molecule has 2 aromatic rings. The number of aryl methyl sites for hydroxylation is 3. The van der Waals surface area contributed by atoms with Gasteiger partial charge in [0.25, 0.3) is 0 Å². The summed E-state index contributed by atoms with van der Waals surface area (Å²) in [6.07, 6.45) is 6.05. The van der Waals surface area contributed by atoms with Crippen molar-refractivity contribution in [3.05, 3.63) is 41.9 Å². The first-order valence-corrected chi connectivity index (χ1v) is 8.11. The van der Waals surface area contributed by atoms with Crippen LogP contribution in [-0.4, -0.2) is 29.1 Å². The number of guanidine groups is 1. The second-order valence-electron chi connectivity index (χ2n) is 5.69. The first-order chi connectivity index (χ1) is 11.1. The lowest BCUT2D eigenvalue weighted by Crippen LogP contribution is -2.39. The van der Waals surface area contributed by atoms with Crippen molar-refractivity contribution >= 4 is 5.96 Å². The van der Waals surface area contributed by atoms with Crippen LogP contribution in [0.2, 0.25) is 0 Å². The first kappa shape index (κ1) is 17.1. The van der Waals surface area contributed by atoms with Gasteiger partial charge in [0.1, 0.15) is 17.3 Å². The van der Waals surface area contributed by atoms with Crippen molar-refractivity contribution in [3.63, 3.8) is 0 Å². The van der Waals surface area contributed by atoms with E-state index in [0.29, 0.717) is 0 Å². The van der Waals surface area contributed by atoms with Crippen LogP contribution in [0.25, 0.3) is 0 Å². The maximum absolute atomic E-state index is 5.63. The summed E-state index contributed by atoms with van der Waals surface area (Å²) in [7, 11) is 1.78. The summed E-state index contributed by atoms with van der Waals surface area (Å²) < 4.78 is 7.81. The van der Waals surface area contributed by atoms with Gasteiger partial charge in [-0.25, -0.2) is 4.98 Å². The molecule has 0 aliphatic heterocycles.